The van der Waals surface area contributed by atoms with Gasteiger partial charge < -0.3 is 20.7 Å². The van der Waals surface area contributed by atoms with Gasteiger partial charge in [0, 0.05) is 25.3 Å². The number of benzene rings is 1. The summed E-state index contributed by atoms with van der Waals surface area (Å²) < 4.78 is 5.45. The number of guanidine groups is 1. The van der Waals surface area contributed by atoms with E-state index in [0.717, 1.165) is 24.3 Å². The molecule has 1 heterocycles. The second kappa shape index (κ2) is 10.7. The molecule has 1 fully saturated rings. The van der Waals surface area contributed by atoms with Gasteiger partial charge in [-0.3, -0.25) is 9.63 Å². The summed E-state index contributed by atoms with van der Waals surface area (Å²) in [6.07, 6.45) is -0.0810. The van der Waals surface area contributed by atoms with E-state index in [2.05, 4.69) is 32.4 Å². The van der Waals surface area contributed by atoms with E-state index >= 15 is 0 Å². The van der Waals surface area contributed by atoms with E-state index in [4.69, 9.17) is 15.3 Å². The van der Waals surface area contributed by atoms with Gasteiger partial charge in [-0.25, -0.2) is 15.5 Å². The first-order valence-corrected chi connectivity index (χ1v) is 9.36. The van der Waals surface area contributed by atoms with Crippen molar-refractivity contribution >= 4 is 30.0 Å². The number of nitrogens with one attached hydrogen (secondary N) is 2. The minimum atomic E-state index is -0.427. The number of nitrogens with zero attached hydrogens (tertiary/aromatic N) is 3. The molecule has 0 spiro atoms. The van der Waals surface area contributed by atoms with Crippen molar-refractivity contribution in [3.8, 4) is 0 Å². The molecule has 0 radical (unpaired) electrons. The van der Waals surface area contributed by atoms with E-state index < -0.39 is 6.04 Å². The summed E-state index contributed by atoms with van der Waals surface area (Å²) in [7, 11) is 0. The molecule has 4 N–H and O–H groups in total. The zero-order chi connectivity index (χ0) is 20.5. The fourth-order valence-electron chi connectivity index (χ4n) is 2.68. The SMILES string of the molecule is C=NC(N)=Nc1ccc(N2CCOCC2)c(CN[C@@H](C)C(=O)NOC(C)C)c1. The molecule has 2 rings (SSSR count). The molecule has 1 aromatic rings. The highest BCUT2D eigenvalue weighted by molar-refractivity contribution is 5.85. The lowest BCUT2D eigenvalue weighted by Gasteiger charge is -2.31. The molecule has 1 aliphatic heterocycles. The third-order valence-electron chi connectivity index (χ3n) is 4.21. The first-order chi connectivity index (χ1) is 13.4. The molecule has 0 bridgehead atoms. The van der Waals surface area contributed by atoms with Crippen molar-refractivity contribution in [1.29, 1.82) is 0 Å². The quantitative estimate of drug-likeness (QED) is 0.348. The van der Waals surface area contributed by atoms with Gasteiger partial charge in [0.25, 0.3) is 5.91 Å². The molecule has 0 aliphatic carbocycles. The second-order valence-electron chi connectivity index (χ2n) is 6.78. The molecule has 154 valence electrons. The predicted molar refractivity (Wildman–Crippen MR) is 111 cm³/mol. The molecular formula is C19H30N6O3. The van der Waals surface area contributed by atoms with Gasteiger partial charge in [-0.1, -0.05) is 0 Å². The van der Waals surface area contributed by atoms with Crippen LogP contribution >= 0.6 is 0 Å². The van der Waals surface area contributed by atoms with Crippen molar-refractivity contribution in [2.24, 2.45) is 15.7 Å². The third kappa shape index (κ3) is 6.59. The number of hydrogen-bond donors (Lipinski definition) is 3. The van der Waals surface area contributed by atoms with E-state index in [1.54, 1.807) is 6.92 Å². The number of carbonyl (C=O) groups is 1. The van der Waals surface area contributed by atoms with Crippen LogP contribution in [0.4, 0.5) is 11.4 Å². The number of nitrogens with two attached hydrogens (primary N) is 1. The predicted octanol–water partition coefficient (Wildman–Crippen LogP) is 1.10. The molecule has 9 heteroatoms. The molecule has 1 aromatic carbocycles. The fourth-order valence-corrected chi connectivity index (χ4v) is 2.68. The normalized spacial score (nSPS) is 16.1. The van der Waals surface area contributed by atoms with Crippen LogP contribution in [0.5, 0.6) is 0 Å². The molecule has 1 amide bonds. The number of anilines is 1. The van der Waals surface area contributed by atoms with Crippen LogP contribution in [0.2, 0.25) is 0 Å². The van der Waals surface area contributed by atoms with E-state index in [9.17, 15) is 4.79 Å². The van der Waals surface area contributed by atoms with Crippen molar-refractivity contribution in [3.63, 3.8) is 0 Å². The van der Waals surface area contributed by atoms with E-state index in [0.29, 0.717) is 25.4 Å². The maximum atomic E-state index is 12.1. The molecule has 1 aliphatic rings. The molecular weight excluding hydrogens is 360 g/mol. The van der Waals surface area contributed by atoms with Crippen molar-refractivity contribution in [2.75, 3.05) is 31.2 Å². The molecule has 0 saturated carbocycles. The smallest absolute Gasteiger partial charge is 0.260 e. The monoisotopic (exact) mass is 390 g/mol. The molecule has 0 aromatic heterocycles. The van der Waals surface area contributed by atoms with Crippen LogP contribution in [-0.4, -0.2) is 57.0 Å². The van der Waals surface area contributed by atoms with Gasteiger partial charge in [-0.15, -0.1) is 0 Å². The average molecular weight is 390 g/mol. The van der Waals surface area contributed by atoms with Crippen LogP contribution in [0, 0.1) is 0 Å². The first-order valence-electron chi connectivity index (χ1n) is 9.36. The lowest BCUT2D eigenvalue weighted by Crippen LogP contribution is -2.43. The van der Waals surface area contributed by atoms with Gasteiger partial charge in [-0.05, 0) is 51.3 Å². The van der Waals surface area contributed by atoms with Crippen LogP contribution in [0.15, 0.2) is 28.2 Å². The molecule has 28 heavy (non-hydrogen) atoms. The lowest BCUT2D eigenvalue weighted by molar-refractivity contribution is -0.138. The number of rotatable bonds is 8. The Kier molecular flexibility index (Phi) is 8.37. The van der Waals surface area contributed by atoms with Crippen molar-refractivity contribution in [2.45, 2.75) is 39.5 Å². The lowest BCUT2D eigenvalue weighted by atomic mass is 10.1. The van der Waals surface area contributed by atoms with Crippen molar-refractivity contribution in [1.82, 2.24) is 10.8 Å². The summed E-state index contributed by atoms with van der Waals surface area (Å²) >= 11 is 0. The Morgan fingerprint density at radius 3 is 2.71 bits per heavy atom. The first kappa shape index (κ1) is 21.8. The third-order valence-corrected chi connectivity index (χ3v) is 4.21. The summed E-state index contributed by atoms with van der Waals surface area (Å²) in [6, 6.07) is 5.40. The Bertz CT molecular complexity index is 701. The molecule has 0 unspecified atom stereocenters. The number of morpholine rings is 1. The number of hydrogen-bond acceptors (Lipinski definition) is 6. The van der Waals surface area contributed by atoms with Gasteiger partial charge in [-0.2, -0.15) is 0 Å². The van der Waals surface area contributed by atoms with Crippen LogP contribution in [0.3, 0.4) is 0 Å². The number of aliphatic imine (C=N–C) groups is 2. The Morgan fingerprint density at radius 1 is 1.36 bits per heavy atom. The highest BCUT2D eigenvalue weighted by Crippen LogP contribution is 2.27. The minimum absolute atomic E-state index is 0.0810. The maximum Gasteiger partial charge on any atom is 0.260 e. The zero-order valence-electron chi connectivity index (χ0n) is 16.8. The van der Waals surface area contributed by atoms with Crippen molar-refractivity contribution in [3.05, 3.63) is 23.8 Å². The summed E-state index contributed by atoms with van der Waals surface area (Å²) in [5, 5.41) is 3.23. The Balaban J connectivity index is 2.14. The standard InChI is InChI=1S/C19H30N6O3/c1-13(2)28-24-18(26)14(3)22-12-15-11-16(23-19(20)21-4)5-6-17(15)25-7-9-27-10-8-25/h5-6,11,13-14,22H,4,7-10,12H2,1-3H3,(H2,20,23)(H,24,26)/t14-/m0/s1. The van der Waals surface area contributed by atoms with Crippen LogP contribution in [0.1, 0.15) is 26.3 Å². The Hall–Kier alpha value is -2.49. The van der Waals surface area contributed by atoms with Crippen LogP contribution in [-0.2, 0) is 20.9 Å². The van der Waals surface area contributed by atoms with Crippen molar-refractivity contribution < 1.29 is 14.4 Å². The van der Waals surface area contributed by atoms with E-state index in [-0.39, 0.29) is 18.0 Å². The van der Waals surface area contributed by atoms with Gasteiger partial charge >= 0.3 is 0 Å². The van der Waals surface area contributed by atoms with Gasteiger partial charge in [0.05, 0.1) is 31.0 Å². The van der Waals surface area contributed by atoms with Crippen LogP contribution in [0.25, 0.3) is 0 Å². The number of hydroxylamine groups is 1. The number of ether oxygens (including phenoxy) is 1. The summed E-state index contributed by atoms with van der Waals surface area (Å²) in [5.74, 6) is -0.118. The highest BCUT2D eigenvalue weighted by atomic mass is 16.7. The molecule has 1 atom stereocenters. The summed E-state index contributed by atoms with van der Waals surface area (Å²) in [6.45, 7) is 12.3. The second-order valence-corrected chi connectivity index (χ2v) is 6.78. The topological polar surface area (TPSA) is 114 Å². The molecule has 1 saturated heterocycles. The number of amides is 1. The Labute approximate surface area is 166 Å². The van der Waals surface area contributed by atoms with E-state index in [1.807, 2.05) is 32.0 Å². The Morgan fingerprint density at radius 2 is 2.07 bits per heavy atom. The largest absolute Gasteiger partial charge is 0.378 e. The maximum absolute atomic E-state index is 12.1. The molecule has 9 nitrogen and oxygen atoms in total. The zero-order valence-corrected chi connectivity index (χ0v) is 16.8. The number of carbonyl (C=O) groups excluding carboxylic acids is 1. The average Bonchev–Trinajstić information content (AvgIpc) is 2.70. The highest BCUT2D eigenvalue weighted by Gasteiger charge is 2.18. The van der Waals surface area contributed by atoms with Gasteiger partial charge in [0.2, 0.25) is 5.96 Å². The summed E-state index contributed by atoms with van der Waals surface area (Å²) in [5.41, 5.74) is 10.9. The van der Waals surface area contributed by atoms with E-state index in [1.165, 1.54) is 0 Å². The fraction of sp³-hybridized carbons (Fsp3) is 0.526. The summed E-state index contributed by atoms with van der Waals surface area (Å²) in [4.78, 5) is 27.4. The van der Waals surface area contributed by atoms with Crippen LogP contribution < -0.4 is 21.4 Å². The van der Waals surface area contributed by atoms with Gasteiger partial charge in [0.1, 0.15) is 0 Å². The minimum Gasteiger partial charge on any atom is -0.378 e. The van der Waals surface area contributed by atoms with Gasteiger partial charge in [0.15, 0.2) is 0 Å².